The van der Waals surface area contributed by atoms with Crippen molar-refractivity contribution in [1.82, 2.24) is 9.80 Å². The minimum atomic E-state index is 0.218. The third kappa shape index (κ3) is 3.56. The zero-order chi connectivity index (χ0) is 13.9. The number of likely N-dealkylation sites (N-methyl/N-ethyl adjacent to an activating group) is 1. The number of piperazine rings is 1. The molecule has 19 heavy (non-hydrogen) atoms. The Morgan fingerprint density at radius 3 is 2.58 bits per heavy atom. The van der Waals surface area contributed by atoms with Crippen molar-refractivity contribution in [2.24, 2.45) is 5.73 Å². The van der Waals surface area contributed by atoms with E-state index in [0.29, 0.717) is 6.04 Å². The summed E-state index contributed by atoms with van der Waals surface area (Å²) in [4.78, 5) is 5.07. The molecule has 0 amide bonds. The van der Waals surface area contributed by atoms with Gasteiger partial charge in [-0.2, -0.15) is 0 Å². The fraction of sp³-hybridized carbons (Fsp3) is 0.625. The van der Waals surface area contributed by atoms with Crippen LogP contribution in [0.4, 0.5) is 0 Å². The molecule has 0 bridgehead atoms. The highest BCUT2D eigenvalue weighted by Gasteiger charge is 2.36. The third-order valence-electron chi connectivity index (χ3n) is 4.26. The van der Waals surface area contributed by atoms with Gasteiger partial charge in [0, 0.05) is 31.2 Å². The maximum absolute atomic E-state index is 5.74. The summed E-state index contributed by atoms with van der Waals surface area (Å²) < 4.78 is 0. The molecule has 3 nitrogen and oxygen atoms in total. The molecule has 0 saturated carbocycles. The molecule has 1 unspecified atom stereocenters. The van der Waals surface area contributed by atoms with Crippen molar-refractivity contribution in [2.45, 2.75) is 38.4 Å². The van der Waals surface area contributed by atoms with Crippen molar-refractivity contribution in [3.05, 3.63) is 35.9 Å². The van der Waals surface area contributed by atoms with Crippen LogP contribution in [0.3, 0.4) is 0 Å². The lowest BCUT2D eigenvalue weighted by atomic mass is 9.94. The number of benzene rings is 1. The highest BCUT2D eigenvalue weighted by Crippen LogP contribution is 2.26. The monoisotopic (exact) mass is 261 g/mol. The molecular formula is C16H27N3. The Hall–Kier alpha value is -0.900. The third-order valence-corrected chi connectivity index (χ3v) is 4.26. The van der Waals surface area contributed by atoms with Gasteiger partial charge >= 0.3 is 0 Å². The normalized spacial score (nSPS) is 24.5. The molecule has 0 radical (unpaired) electrons. The second-order valence-electron chi connectivity index (χ2n) is 6.32. The predicted molar refractivity (Wildman–Crippen MR) is 81.0 cm³/mol. The summed E-state index contributed by atoms with van der Waals surface area (Å²) in [7, 11) is 2.22. The van der Waals surface area contributed by atoms with Crippen LogP contribution in [0.2, 0.25) is 0 Å². The minimum Gasteiger partial charge on any atom is -0.330 e. The molecule has 0 aromatic heterocycles. The van der Waals surface area contributed by atoms with E-state index in [9.17, 15) is 0 Å². The van der Waals surface area contributed by atoms with E-state index in [4.69, 9.17) is 5.73 Å². The summed E-state index contributed by atoms with van der Waals surface area (Å²) in [6.07, 6.45) is 1.08. The first-order valence-corrected chi connectivity index (χ1v) is 7.22. The van der Waals surface area contributed by atoms with Crippen LogP contribution in [0.25, 0.3) is 0 Å². The molecule has 2 rings (SSSR count). The van der Waals surface area contributed by atoms with Crippen molar-refractivity contribution in [2.75, 3.05) is 26.7 Å². The largest absolute Gasteiger partial charge is 0.330 e. The van der Waals surface area contributed by atoms with Crippen LogP contribution < -0.4 is 5.73 Å². The zero-order valence-electron chi connectivity index (χ0n) is 12.5. The average molecular weight is 261 g/mol. The van der Waals surface area contributed by atoms with Crippen LogP contribution in [0.1, 0.15) is 25.8 Å². The first-order chi connectivity index (χ1) is 9.03. The van der Waals surface area contributed by atoms with E-state index in [1.54, 1.807) is 0 Å². The Kier molecular flexibility index (Phi) is 4.61. The van der Waals surface area contributed by atoms with Gasteiger partial charge in [-0.25, -0.2) is 0 Å². The molecule has 0 aliphatic carbocycles. The highest BCUT2D eigenvalue weighted by atomic mass is 15.3. The van der Waals surface area contributed by atoms with E-state index in [2.05, 4.69) is 61.0 Å². The van der Waals surface area contributed by atoms with Gasteiger partial charge in [-0.3, -0.25) is 4.90 Å². The van der Waals surface area contributed by atoms with Gasteiger partial charge < -0.3 is 10.6 Å². The van der Waals surface area contributed by atoms with Crippen LogP contribution in [0.5, 0.6) is 0 Å². The summed E-state index contributed by atoms with van der Waals surface area (Å²) in [6.45, 7) is 8.69. The van der Waals surface area contributed by atoms with Crippen LogP contribution in [0.15, 0.2) is 30.3 Å². The van der Waals surface area contributed by atoms with Crippen molar-refractivity contribution < 1.29 is 0 Å². The van der Waals surface area contributed by atoms with E-state index in [0.717, 1.165) is 32.6 Å². The van der Waals surface area contributed by atoms with Crippen molar-refractivity contribution in [3.8, 4) is 0 Å². The summed E-state index contributed by atoms with van der Waals surface area (Å²) in [6, 6.07) is 11.3. The van der Waals surface area contributed by atoms with Crippen molar-refractivity contribution >= 4 is 0 Å². The minimum absolute atomic E-state index is 0.218. The Balaban J connectivity index is 2.08. The molecular weight excluding hydrogens is 234 g/mol. The Morgan fingerprint density at radius 2 is 1.95 bits per heavy atom. The van der Waals surface area contributed by atoms with Gasteiger partial charge in [0.05, 0.1) is 0 Å². The molecule has 1 aromatic carbocycles. The molecule has 0 spiro atoms. The molecule has 3 heteroatoms. The van der Waals surface area contributed by atoms with Gasteiger partial charge in [0.15, 0.2) is 0 Å². The Labute approximate surface area is 117 Å². The van der Waals surface area contributed by atoms with Gasteiger partial charge in [0.25, 0.3) is 0 Å². The van der Waals surface area contributed by atoms with Crippen LogP contribution in [-0.2, 0) is 6.54 Å². The van der Waals surface area contributed by atoms with E-state index in [1.807, 2.05) is 0 Å². The summed E-state index contributed by atoms with van der Waals surface area (Å²) in [5.41, 5.74) is 7.35. The number of hydrogen-bond donors (Lipinski definition) is 1. The van der Waals surface area contributed by atoms with Crippen molar-refractivity contribution in [1.29, 1.82) is 0 Å². The lowest BCUT2D eigenvalue weighted by molar-refractivity contribution is -0.0121. The summed E-state index contributed by atoms with van der Waals surface area (Å²) in [5.74, 6) is 0. The fourth-order valence-electron chi connectivity index (χ4n) is 3.07. The molecule has 106 valence electrons. The topological polar surface area (TPSA) is 32.5 Å². The SMILES string of the molecule is CN1CC(C)(C)N(Cc2ccccc2)CC1CCN. The molecule has 1 fully saturated rings. The van der Waals surface area contributed by atoms with Crippen LogP contribution in [-0.4, -0.2) is 48.1 Å². The first-order valence-electron chi connectivity index (χ1n) is 7.22. The van der Waals surface area contributed by atoms with E-state index in [-0.39, 0.29) is 5.54 Å². The van der Waals surface area contributed by atoms with Gasteiger partial charge in [0.1, 0.15) is 0 Å². The molecule has 1 heterocycles. The fourth-order valence-corrected chi connectivity index (χ4v) is 3.07. The van der Waals surface area contributed by atoms with Gasteiger partial charge in [-0.1, -0.05) is 30.3 Å². The maximum Gasteiger partial charge on any atom is 0.0284 e. The van der Waals surface area contributed by atoms with Crippen molar-refractivity contribution in [3.63, 3.8) is 0 Å². The first kappa shape index (κ1) is 14.5. The molecule has 2 N–H and O–H groups in total. The van der Waals surface area contributed by atoms with E-state index < -0.39 is 0 Å². The molecule has 1 aliphatic heterocycles. The van der Waals surface area contributed by atoms with E-state index in [1.165, 1.54) is 5.56 Å². The molecule has 1 atom stereocenters. The second kappa shape index (κ2) is 6.04. The van der Waals surface area contributed by atoms with Crippen LogP contribution in [0, 0.1) is 0 Å². The predicted octanol–water partition coefficient (Wildman–Crippen LogP) is 1.93. The highest BCUT2D eigenvalue weighted by molar-refractivity contribution is 5.15. The Morgan fingerprint density at radius 1 is 1.26 bits per heavy atom. The zero-order valence-corrected chi connectivity index (χ0v) is 12.5. The van der Waals surface area contributed by atoms with Crippen LogP contribution >= 0.6 is 0 Å². The lowest BCUT2D eigenvalue weighted by Gasteiger charge is -2.50. The number of nitrogens with zero attached hydrogens (tertiary/aromatic N) is 2. The molecule has 1 saturated heterocycles. The average Bonchev–Trinajstić information content (AvgIpc) is 2.36. The maximum atomic E-state index is 5.74. The number of nitrogens with two attached hydrogens (primary N) is 1. The molecule has 1 aromatic rings. The van der Waals surface area contributed by atoms with Gasteiger partial charge in [0.2, 0.25) is 0 Å². The summed E-state index contributed by atoms with van der Waals surface area (Å²) in [5, 5.41) is 0. The van der Waals surface area contributed by atoms with Gasteiger partial charge in [-0.15, -0.1) is 0 Å². The quantitative estimate of drug-likeness (QED) is 0.899. The summed E-state index contributed by atoms with van der Waals surface area (Å²) >= 11 is 0. The number of rotatable bonds is 4. The van der Waals surface area contributed by atoms with Gasteiger partial charge in [-0.05, 0) is 39.4 Å². The molecule has 1 aliphatic rings. The lowest BCUT2D eigenvalue weighted by Crippen LogP contribution is -2.62. The van der Waals surface area contributed by atoms with E-state index >= 15 is 0 Å². The Bertz CT molecular complexity index is 388. The smallest absolute Gasteiger partial charge is 0.0284 e. The standard InChI is InChI=1S/C16H27N3/c1-16(2)13-18(3)15(9-10-17)12-19(16)11-14-7-5-4-6-8-14/h4-8,15H,9-13,17H2,1-3H3. The number of hydrogen-bond acceptors (Lipinski definition) is 3. The second-order valence-corrected chi connectivity index (χ2v) is 6.32.